The monoisotopic (exact) mass is 279 g/mol. The predicted molar refractivity (Wildman–Crippen MR) is 47.1 cm³/mol. The second-order valence-electron chi connectivity index (χ2n) is 2.10. The van der Waals surface area contributed by atoms with E-state index in [-0.39, 0.29) is 15.1 Å². The number of allylic oxidation sites excluding steroid dienone is 4. The molecule has 0 heterocycles. The van der Waals surface area contributed by atoms with E-state index >= 15 is 0 Å². The normalized spacial score (nSPS) is 19.5. The average Bonchev–Trinajstić information content (AvgIpc) is 1.86. The Labute approximate surface area is 84.3 Å². The van der Waals surface area contributed by atoms with Crippen molar-refractivity contribution in [2.24, 2.45) is 0 Å². The molecule has 1 aliphatic rings. The molecular weight excluding hydrogens is 268 g/mol. The van der Waals surface area contributed by atoms with Gasteiger partial charge in [-0.05, 0) is 0 Å². The fourth-order valence-electron chi connectivity index (χ4n) is 0.805. The summed E-state index contributed by atoms with van der Waals surface area (Å²) in [6, 6.07) is 0. The second-order valence-corrected chi connectivity index (χ2v) is 4.73. The van der Waals surface area contributed by atoms with Crippen LogP contribution in [0.5, 0.6) is 0 Å². The van der Waals surface area contributed by atoms with Crippen LogP contribution in [0.1, 0.15) is 25.7 Å². The van der Waals surface area contributed by atoms with Crippen molar-refractivity contribution in [1.82, 2.24) is 0 Å². The molecule has 0 spiro atoms. The Morgan fingerprint density at radius 2 is 2.00 bits per heavy atom. The molecular formula is C8H11Cl2Ru-. The van der Waals surface area contributed by atoms with Crippen LogP contribution in [-0.2, 0) is 15.1 Å². The molecule has 0 fully saturated rings. The molecule has 0 amide bonds. The zero-order valence-corrected chi connectivity index (χ0v) is 9.42. The van der Waals surface area contributed by atoms with E-state index in [4.69, 9.17) is 19.4 Å². The standard InChI is InChI=1S/C8H11.2ClH.Ru/c1-2-4-6-8-7-5-3-1;;;/h1-3H,4,6-8H2;2*1H;/q-1;;;+2/p-2/b2-1-;;;. The van der Waals surface area contributed by atoms with Crippen molar-refractivity contribution < 1.29 is 15.1 Å². The fourth-order valence-corrected chi connectivity index (χ4v) is 0.805. The molecule has 0 aliphatic heterocycles. The molecule has 0 aromatic heterocycles. The molecule has 11 heavy (non-hydrogen) atoms. The first-order chi connectivity index (χ1) is 5.41. The molecule has 0 unspecified atom stereocenters. The third kappa shape index (κ3) is 10.7. The van der Waals surface area contributed by atoms with Gasteiger partial charge in [0.05, 0.1) is 0 Å². The van der Waals surface area contributed by atoms with Gasteiger partial charge in [-0.3, -0.25) is 6.08 Å². The van der Waals surface area contributed by atoms with E-state index in [9.17, 15) is 0 Å². The zero-order valence-electron chi connectivity index (χ0n) is 6.17. The maximum atomic E-state index is 4.85. The van der Waals surface area contributed by atoms with Crippen LogP contribution in [0, 0.1) is 6.08 Å². The SMILES string of the molecule is [C-]1=C/C=C\CCCC1.[Cl][Ru][Cl]. The topological polar surface area (TPSA) is 0 Å². The summed E-state index contributed by atoms with van der Waals surface area (Å²) in [4.78, 5) is 0. The summed E-state index contributed by atoms with van der Waals surface area (Å²) in [6.07, 6.45) is 14.5. The summed E-state index contributed by atoms with van der Waals surface area (Å²) < 4.78 is 0. The van der Waals surface area contributed by atoms with Crippen LogP contribution in [0.4, 0.5) is 0 Å². The van der Waals surface area contributed by atoms with Gasteiger partial charge in [-0.25, -0.2) is 12.2 Å². The van der Waals surface area contributed by atoms with Crippen molar-refractivity contribution in [1.29, 1.82) is 0 Å². The number of halogens is 2. The summed E-state index contributed by atoms with van der Waals surface area (Å²) >= 11 is -0.346. The first-order valence-electron chi connectivity index (χ1n) is 3.48. The molecule has 0 aromatic rings. The maximum absolute atomic E-state index is 4.85. The van der Waals surface area contributed by atoms with Gasteiger partial charge in [0.25, 0.3) is 0 Å². The Kier molecular flexibility index (Phi) is 11.3. The van der Waals surface area contributed by atoms with Crippen molar-refractivity contribution in [3.05, 3.63) is 24.3 Å². The van der Waals surface area contributed by atoms with Crippen LogP contribution in [0.3, 0.4) is 0 Å². The molecule has 0 nitrogen and oxygen atoms in total. The number of hydrogen-bond donors (Lipinski definition) is 0. The van der Waals surface area contributed by atoms with Crippen molar-refractivity contribution >= 4 is 19.4 Å². The van der Waals surface area contributed by atoms with Gasteiger partial charge < -0.3 is 0 Å². The van der Waals surface area contributed by atoms with Gasteiger partial charge in [-0.1, -0.05) is 19.3 Å². The molecule has 0 saturated heterocycles. The molecule has 0 radical (unpaired) electrons. The third-order valence-corrected chi connectivity index (χ3v) is 1.29. The molecule has 66 valence electrons. The van der Waals surface area contributed by atoms with Gasteiger partial charge in [0.15, 0.2) is 0 Å². The summed E-state index contributed by atoms with van der Waals surface area (Å²) in [5.41, 5.74) is 0. The van der Waals surface area contributed by atoms with Crippen molar-refractivity contribution in [2.75, 3.05) is 0 Å². The van der Waals surface area contributed by atoms with Crippen LogP contribution in [0.25, 0.3) is 0 Å². The molecule has 0 bridgehead atoms. The van der Waals surface area contributed by atoms with Crippen LogP contribution >= 0.6 is 19.4 Å². The van der Waals surface area contributed by atoms with Crippen molar-refractivity contribution in [2.45, 2.75) is 25.7 Å². The number of rotatable bonds is 0. The molecule has 0 saturated carbocycles. The first kappa shape index (κ1) is 11.7. The van der Waals surface area contributed by atoms with E-state index in [2.05, 4.69) is 18.2 Å². The summed E-state index contributed by atoms with van der Waals surface area (Å²) in [6.45, 7) is 0. The van der Waals surface area contributed by atoms with Gasteiger partial charge in [0.1, 0.15) is 0 Å². The zero-order chi connectivity index (χ0) is 8.36. The van der Waals surface area contributed by atoms with Crippen LogP contribution in [0.15, 0.2) is 18.2 Å². The van der Waals surface area contributed by atoms with Crippen LogP contribution in [0.2, 0.25) is 0 Å². The molecule has 3 heteroatoms. The third-order valence-electron chi connectivity index (χ3n) is 1.29. The molecule has 1 rings (SSSR count). The Morgan fingerprint density at radius 3 is 2.73 bits per heavy atom. The summed E-state index contributed by atoms with van der Waals surface area (Å²) in [5.74, 6) is 0. The minimum atomic E-state index is -0.346. The molecule has 0 N–H and O–H groups in total. The summed E-state index contributed by atoms with van der Waals surface area (Å²) in [7, 11) is 9.71. The first-order valence-corrected chi connectivity index (χ1v) is 7.96. The van der Waals surface area contributed by atoms with E-state index in [1.807, 2.05) is 6.08 Å². The minimum absolute atomic E-state index is 0.346. The predicted octanol–water partition coefficient (Wildman–Crippen LogP) is 3.85. The van der Waals surface area contributed by atoms with Gasteiger partial charge in [0.2, 0.25) is 0 Å². The van der Waals surface area contributed by atoms with Crippen molar-refractivity contribution in [3.63, 3.8) is 0 Å². The van der Waals surface area contributed by atoms with Crippen LogP contribution in [-0.4, -0.2) is 0 Å². The summed E-state index contributed by atoms with van der Waals surface area (Å²) in [5, 5.41) is 0. The van der Waals surface area contributed by atoms with Crippen LogP contribution < -0.4 is 0 Å². The Morgan fingerprint density at radius 1 is 1.27 bits per heavy atom. The fraction of sp³-hybridized carbons (Fsp3) is 0.500. The van der Waals surface area contributed by atoms with E-state index in [0.717, 1.165) is 6.42 Å². The molecule has 0 atom stereocenters. The van der Waals surface area contributed by atoms with E-state index < -0.39 is 0 Å². The van der Waals surface area contributed by atoms with Gasteiger partial charge in [-0.2, -0.15) is 6.08 Å². The van der Waals surface area contributed by atoms with E-state index in [1.54, 1.807) is 0 Å². The Hall–Kier alpha value is 0.683. The Bertz CT molecular complexity index is 107. The van der Waals surface area contributed by atoms with Gasteiger partial charge in [-0.15, -0.1) is 6.42 Å². The van der Waals surface area contributed by atoms with Gasteiger partial charge >= 0.3 is 34.5 Å². The molecule has 0 aromatic carbocycles. The van der Waals surface area contributed by atoms with E-state index in [1.165, 1.54) is 19.3 Å². The quantitative estimate of drug-likeness (QED) is 0.466. The second kappa shape index (κ2) is 10.7. The Balaban J connectivity index is 0.000000292. The van der Waals surface area contributed by atoms with E-state index in [0.29, 0.717) is 0 Å². The van der Waals surface area contributed by atoms with Gasteiger partial charge in [0, 0.05) is 0 Å². The molecule has 1 aliphatic carbocycles. The number of hydrogen-bond acceptors (Lipinski definition) is 0. The average molecular weight is 279 g/mol. The van der Waals surface area contributed by atoms with Crippen molar-refractivity contribution in [3.8, 4) is 0 Å².